The lowest BCUT2D eigenvalue weighted by molar-refractivity contribution is -0.114. The van der Waals surface area contributed by atoms with E-state index < -0.39 is 23.4 Å². The van der Waals surface area contributed by atoms with E-state index in [0.29, 0.717) is 27.8 Å². The molecular formula is C28H20Cl2F3N3O. The topological polar surface area (TPSA) is 37.6 Å². The predicted octanol–water partition coefficient (Wildman–Crippen LogP) is 7.96. The lowest BCUT2D eigenvalue weighted by atomic mass is 10.0. The lowest BCUT2D eigenvalue weighted by Gasteiger charge is -2.12. The normalized spacial score (nSPS) is 15.2. The molecule has 0 atom stereocenters. The average Bonchev–Trinajstić information content (AvgIpc) is 3.32. The van der Waals surface area contributed by atoms with Crippen LogP contribution in [0.15, 0.2) is 77.4 Å². The van der Waals surface area contributed by atoms with Crippen LogP contribution < -0.4 is 5.01 Å². The van der Waals surface area contributed by atoms with E-state index in [4.69, 9.17) is 23.2 Å². The number of benzene rings is 3. The summed E-state index contributed by atoms with van der Waals surface area (Å²) in [6, 6.07) is 18.9. The average molecular weight is 542 g/mol. The van der Waals surface area contributed by atoms with Crippen molar-refractivity contribution >= 4 is 57.5 Å². The molecule has 0 saturated carbocycles. The van der Waals surface area contributed by atoms with E-state index in [1.807, 2.05) is 42.7 Å². The standard InChI is InChI=1S/C28H20Cl2F3N3O/c1-16-7-6-10-21-22(17(2)35(25(16)21)15-18-11-12-19(29)13-24(18)30)14-23-26(28(31,32)33)34-36(27(23)37)20-8-4-3-5-9-20/h3-14H,15H2,1-2H3/b23-14+. The predicted molar refractivity (Wildman–Crippen MR) is 142 cm³/mol. The molecule has 37 heavy (non-hydrogen) atoms. The maximum atomic E-state index is 14.0. The summed E-state index contributed by atoms with van der Waals surface area (Å²) in [5.41, 5.74) is 2.30. The van der Waals surface area contributed by atoms with Crippen molar-refractivity contribution in [3.63, 3.8) is 0 Å². The molecule has 4 aromatic rings. The highest BCUT2D eigenvalue weighted by molar-refractivity contribution is 6.35. The first kappa shape index (κ1) is 25.1. The number of alkyl halides is 3. The number of aryl methyl sites for hydroxylation is 1. The number of aromatic nitrogens is 1. The van der Waals surface area contributed by atoms with Crippen molar-refractivity contribution in [1.82, 2.24) is 4.57 Å². The Morgan fingerprint density at radius 2 is 1.70 bits per heavy atom. The van der Waals surface area contributed by atoms with E-state index in [1.54, 1.807) is 30.3 Å². The van der Waals surface area contributed by atoms with Crippen LogP contribution in [0.5, 0.6) is 0 Å². The Bertz CT molecular complexity index is 1600. The van der Waals surface area contributed by atoms with Gasteiger partial charge in [-0.2, -0.15) is 23.3 Å². The van der Waals surface area contributed by atoms with Crippen LogP contribution >= 0.6 is 23.2 Å². The molecule has 1 amide bonds. The maximum absolute atomic E-state index is 14.0. The number of hydrazone groups is 1. The van der Waals surface area contributed by atoms with Crippen molar-refractivity contribution in [1.29, 1.82) is 0 Å². The fourth-order valence-corrected chi connectivity index (χ4v) is 5.05. The monoisotopic (exact) mass is 541 g/mol. The molecule has 5 rings (SSSR count). The van der Waals surface area contributed by atoms with Crippen molar-refractivity contribution in [3.05, 3.63) is 105 Å². The zero-order valence-corrected chi connectivity index (χ0v) is 21.3. The number of carbonyl (C=O) groups is 1. The molecule has 1 aliphatic heterocycles. The van der Waals surface area contributed by atoms with Gasteiger partial charge in [0, 0.05) is 33.2 Å². The fourth-order valence-electron chi connectivity index (χ4n) is 4.59. The molecular weight excluding hydrogens is 522 g/mol. The SMILES string of the molecule is Cc1cccc2c(/C=C3/C(=O)N(c4ccccc4)N=C3C(F)(F)F)c(C)n(Cc3ccc(Cl)cc3Cl)c12. The Morgan fingerprint density at radius 3 is 2.38 bits per heavy atom. The number of hydrogen-bond donors (Lipinski definition) is 0. The van der Waals surface area contributed by atoms with E-state index in [2.05, 4.69) is 5.10 Å². The Morgan fingerprint density at radius 1 is 0.973 bits per heavy atom. The van der Waals surface area contributed by atoms with Gasteiger partial charge in [-0.25, -0.2) is 0 Å². The molecule has 0 N–H and O–H groups in total. The van der Waals surface area contributed by atoms with E-state index in [-0.39, 0.29) is 5.69 Å². The zero-order chi connectivity index (χ0) is 26.5. The minimum atomic E-state index is -4.82. The number of nitrogens with zero attached hydrogens (tertiary/aromatic N) is 3. The van der Waals surface area contributed by atoms with Gasteiger partial charge in [0.15, 0.2) is 5.71 Å². The van der Waals surface area contributed by atoms with Gasteiger partial charge in [0.05, 0.1) is 16.8 Å². The van der Waals surface area contributed by atoms with Crippen LogP contribution in [0.3, 0.4) is 0 Å². The third-order valence-corrected chi connectivity index (χ3v) is 6.96. The third kappa shape index (κ3) is 4.54. The molecule has 1 aromatic heterocycles. The summed E-state index contributed by atoms with van der Waals surface area (Å²) in [5.74, 6) is -0.841. The molecule has 3 aromatic carbocycles. The number of fused-ring (bicyclic) bond motifs is 1. The Kier molecular flexibility index (Phi) is 6.38. The highest BCUT2D eigenvalue weighted by Gasteiger charge is 2.47. The van der Waals surface area contributed by atoms with Crippen LogP contribution in [0.25, 0.3) is 17.0 Å². The Labute approximate surface area is 221 Å². The van der Waals surface area contributed by atoms with Gasteiger partial charge in [0.25, 0.3) is 5.91 Å². The lowest BCUT2D eigenvalue weighted by Crippen LogP contribution is -2.25. The highest BCUT2D eigenvalue weighted by Crippen LogP contribution is 2.36. The first-order chi connectivity index (χ1) is 17.6. The van der Waals surface area contributed by atoms with Gasteiger partial charge in [-0.15, -0.1) is 0 Å². The van der Waals surface area contributed by atoms with Gasteiger partial charge in [-0.05, 0) is 55.3 Å². The summed E-state index contributed by atoms with van der Waals surface area (Å²) < 4.78 is 44.1. The molecule has 188 valence electrons. The van der Waals surface area contributed by atoms with Crippen molar-refractivity contribution in [2.24, 2.45) is 5.10 Å². The molecule has 0 saturated heterocycles. The molecule has 0 spiro atoms. The van der Waals surface area contributed by atoms with Crippen molar-refractivity contribution in [2.45, 2.75) is 26.6 Å². The smallest absolute Gasteiger partial charge is 0.340 e. The summed E-state index contributed by atoms with van der Waals surface area (Å²) in [7, 11) is 0. The first-order valence-corrected chi connectivity index (χ1v) is 12.1. The zero-order valence-electron chi connectivity index (χ0n) is 19.8. The van der Waals surface area contributed by atoms with Gasteiger partial charge < -0.3 is 4.57 Å². The fraction of sp³-hybridized carbons (Fsp3) is 0.143. The van der Waals surface area contributed by atoms with Crippen LogP contribution in [0, 0.1) is 13.8 Å². The minimum Gasteiger partial charge on any atom is -0.340 e. The van der Waals surface area contributed by atoms with Crippen molar-refractivity contribution in [2.75, 3.05) is 5.01 Å². The summed E-state index contributed by atoms with van der Waals surface area (Å²) >= 11 is 12.5. The Balaban J connectivity index is 1.69. The van der Waals surface area contributed by atoms with E-state index in [9.17, 15) is 18.0 Å². The molecule has 0 aliphatic carbocycles. The number of carbonyl (C=O) groups excluding carboxylic acids is 1. The largest absolute Gasteiger partial charge is 0.435 e. The van der Waals surface area contributed by atoms with Crippen LogP contribution in [-0.2, 0) is 11.3 Å². The van der Waals surface area contributed by atoms with Gasteiger partial charge in [-0.1, -0.05) is 65.7 Å². The number of para-hydroxylation sites is 2. The van der Waals surface area contributed by atoms with Crippen molar-refractivity contribution < 1.29 is 18.0 Å². The van der Waals surface area contributed by atoms with Gasteiger partial charge in [0.1, 0.15) is 0 Å². The second kappa shape index (κ2) is 9.39. The first-order valence-electron chi connectivity index (χ1n) is 11.4. The molecule has 0 radical (unpaired) electrons. The van der Waals surface area contributed by atoms with Crippen LogP contribution in [0.4, 0.5) is 18.9 Å². The summed E-state index contributed by atoms with van der Waals surface area (Å²) in [6.45, 7) is 4.12. The van der Waals surface area contributed by atoms with Crippen LogP contribution in [-0.4, -0.2) is 22.4 Å². The minimum absolute atomic E-state index is 0.255. The second-order valence-electron chi connectivity index (χ2n) is 8.75. The van der Waals surface area contributed by atoms with Gasteiger partial charge in [0.2, 0.25) is 0 Å². The highest BCUT2D eigenvalue weighted by atomic mass is 35.5. The van der Waals surface area contributed by atoms with Gasteiger partial charge >= 0.3 is 6.18 Å². The molecule has 1 aliphatic rings. The number of rotatable bonds is 4. The van der Waals surface area contributed by atoms with Gasteiger partial charge in [-0.3, -0.25) is 4.79 Å². The molecule has 0 fully saturated rings. The second-order valence-corrected chi connectivity index (χ2v) is 9.59. The number of halogens is 5. The molecule has 2 heterocycles. The summed E-state index contributed by atoms with van der Waals surface area (Å²) in [6.07, 6.45) is -3.52. The quantitative estimate of drug-likeness (QED) is 0.241. The number of anilines is 1. The molecule has 0 bridgehead atoms. The van der Waals surface area contributed by atoms with Crippen molar-refractivity contribution in [3.8, 4) is 0 Å². The molecule has 0 unspecified atom stereocenters. The van der Waals surface area contributed by atoms with E-state index in [1.165, 1.54) is 18.2 Å². The summed E-state index contributed by atoms with van der Waals surface area (Å²) in [4.78, 5) is 13.3. The summed E-state index contributed by atoms with van der Waals surface area (Å²) in [5, 5.41) is 6.19. The Hall–Kier alpha value is -3.55. The van der Waals surface area contributed by atoms with E-state index >= 15 is 0 Å². The molecule has 9 heteroatoms. The van der Waals surface area contributed by atoms with Crippen LogP contribution in [0.1, 0.15) is 22.4 Å². The maximum Gasteiger partial charge on any atom is 0.435 e. The number of amides is 1. The molecule has 4 nitrogen and oxygen atoms in total. The third-order valence-electron chi connectivity index (χ3n) is 6.37. The van der Waals surface area contributed by atoms with Crippen LogP contribution in [0.2, 0.25) is 10.0 Å². The number of hydrogen-bond acceptors (Lipinski definition) is 2. The van der Waals surface area contributed by atoms with E-state index in [0.717, 1.165) is 27.0 Å².